The number of rotatable bonds is 9. The largest absolute Gasteiger partial charge is 0.207 e. The minimum absolute atomic E-state index is 0.300. The number of benzene rings is 1. The summed E-state index contributed by atoms with van der Waals surface area (Å²) in [6.45, 7) is 4.40. The zero-order chi connectivity index (χ0) is 23.2. The number of fused-ring (bicyclic) bond motifs is 1. The molecule has 3 fully saturated rings. The standard InChI is InChI=1S/C31H48F2/c1-3-5-7-29-30(32)20-28(21-31(29)33)27-17-16-25-18-24(14-15-26(25)19-27)13-12-23-10-8-22(6-4-2)9-11-23/h20-27H,3-19H2,1-2H3. The van der Waals surface area contributed by atoms with Crippen LogP contribution in [0.4, 0.5) is 8.78 Å². The van der Waals surface area contributed by atoms with E-state index in [-0.39, 0.29) is 11.6 Å². The number of hydrogen-bond donors (Lipinski definition) is 0. The molecule has 4 rings (SSSR count). The Morgan fingerprint density at radius 3 is 1.91 bits per heavy atom. The summed E-state index contributed by atoms with van der Waals surface area (Å²) < 4.78 is 29.3. The Labute approximate surface area is 202 Å². The van der Waals surface area contributed by atoms with Gasteiger partial charge in [0.25, 0.3) is 0 Å². The van der Waals surface area contributed by atoms with Crippen molar-refractivity contribution in [3.05, 3.63) is 34.9 Å². The van der Waals surface area contributed by atoms with Crippen molar-refractivity contribution in [2.24, 2.45) is 29.6 Å². The lowest BCUT2D eigenvalue weighted by Crippen LogP contribution is -2.31. The highest BCUT2D eigenvalue weighted by molar-refractivity contribution is 5.29. The van der Waals surface area contributed by atoms with Crippen molar-refractivity contribution in [2.75, 3.05) is 0 Å². The van der Waals surface area contributed by atoms with E-state index in [2.05, 4.69) is 13.8 Å². The highest BCUT2D eigenvalue weighted by Gasteiger charge is 2.36. The third-order valence-corrected chi connectivity index (χ3v) is 9.78. The molecule has 0 amide bonds. The molecule has 0 aromatic heterocycles. The van der Waals surface area contributed by atoms with Crippen LogP contribution in [-0.2, 0) is 6.42 Å². The first kappa shape index (κ1) is 25.2. The van der Waals surface area contributed by atoms with Gasteiger partial charge in [-0.2, -0.15) is 0 Å². The second-order valence-electron chi connectivity index (χ2n) is 12.0. The average molecular weight is 459 g/mol. The lowest BCUT2D eigenvalue weighted by Gasteiger charge is -2.43. The van der Waals surface area contributed by atoms with E-state index >= 15 is 0 Å². The Morgan fingerprint density at radius 1 is 0.667 bits per heavy atom. The maximum atomic E-state index is 14.6. The summed E-state index contributed by atoms with van der Waals surface area (Å²) in [6, 6.07) is 3.33. The van der Waals surface area contributed by atoms with E-state index in [0.29, 0.717) is 17.9 Å². The number of hydrogen-bond acceptors (Lipinski definition) is 0. The molecule has 0 saturated heterocycles. The van der Waals surface area contributed by atoms with Crippen molar-refractivity contribution in [3.8, 4) is 0 Å². The predicted octanol–water partition coefficient (Wildman–Crippen LogP) is 9.99. The fraction of sp³-hybridized carbons (Fsp3) is 0.806. The molecule has 3 aliphatic rings. The lowest BCUT2D eigenvalue weighted by molar-refractivity contribution is 0.108. The van der Waals surface area contributed by atoms with Crippen LogP contribution in [0.2, 0.25) is 0 Å². The molecule has 3 saturated carbocycles. The van der Waals surface area contributed by atoms with E-state index in [9.17, 15) is 8.78 Å². The third kappa shape index (κ3) is 6.61. The van der Waals surface area contributed by atoms with Crippen molar-refractivity contribution in [1.29, 1.82) is 0 Å². The molecule has 2 heteroatoms. The summed E-state index contributed by atoms with van der Waals surface area (Å²) in [4.78, 5) is 0. The highest BCUT2D eigenvalue weighted by atomic mass is 19.1. The van der Waals surface area contributed by atoms with Gasteiger partial charge in [0.2, 0.25) is 0 Å². The minimum Gasteiger partial charge on any atom is -0.207 e. The molecule has 0 N–H and O–H groups in total. The van der Waals surface area contributed by atoms with Crippen LogP contribution in [0.3, 0.4) is 0 Å². The molecule has 4 atom stereocenters. The third-order valence-electron chi connectivity index (χ3n) is 9.78. The lowest BCUT2D eigenvalue weighted by atomic mass is 9.63. The summed E-state index contributed by atoms with van der Waals surface area (Å²) in [5, 5.41) is 0. The zero-order valence-corrected chi connectivity index (χ0v) is 21.4. The van der Waals surface area contributed by atoms with Crippen molar-refractivity contribution < 1.29 is 8.78 Å². The second-order valence-corrected chi connectivity index (χ2v) is 12.0. The van der Waals surface area contributed by atoms with Crippen LogP contribution in [0.25, 0.3) is 0 Å². The van der Waals surface area contributed by atoms with Crippen LogP contribution in [0.5, 0.6) is 0 Å². The van der Waals surface area contributed by atoms with E-state index in [1.54, 1.807) is 12.1 Å². The molecule has 0 bridgehead atoms. The molecule has 0 nitrogen and oxygen atoms in total. The second kappa shape index (κ2) is 12.2. The monoisotopic (exact) mass is 458 g/mol. The van der Waals surface area contributed by atoms with Gasteiger partial charge >= 0.3 is 0 Å². The molecule has 1 aromatic carbocycles. The van der Waals surface area contributed by atoms with E-state index in [0.717, 1.165) is 60.8 Å². The zero-order valence-electron chi connectivity index (χ0n) is 21.4. The van der Waals surface area contributed by atoms with Gasteiger partial charge in [0, 0.05) is 5.56 Å². The van der Waals surface area contributed by atoms with Crippen molar-refractivity contribution in [1.82, 2.24) is 0 Å². The number of halogens is 2. The van der Waals surface area contributed by atoms with E-state index < -0.39 is 0 Å². The Hall–Kier alpha value is -0.920. The summed E-state index contributed by atoms with van der Waals surface area (Å²) in [7, 11) is 0. The van der Waals surface area contributed by atoms with Gasteiger partial charge in [0.05, 0.1) is 0 Å². The topological polar surface area (TPSA) is 0 Å². The molecule has 1 aromatic rings. The first-order chi connectivity index (χ1) is 16.1. The average Bonchev–Trinajstić information content (AvgIpc) is 2.83. The van der Waals surface area contributed by atoms with E-state index in [1.807, 2.05) is 0 Å². The summed E-state index contributed by atoms with van der Waals surface area (Å²) in [5.74, 6) is 4.31. The minimum atomic E-state index is -0.312. The molecule has 0 aliphatic heterocycles. The van der Waals surface area contributed by atoms with Crippen LogP contribution in [0.1, 0.15) is 134 Å². The molecular weight excluding hydrogens is 410 g/mol. The van der Waals surface area contributed by atoms with Crippen LogP contribution >= 0.6 is 0 Å². The molecule has 0 heterocycles. The highest BCUT2D eigenvalue weighted by Crippen LogP contribution is 2.49. The normalized spacial score (nSPS) is 32.5. The van der Waals surface area contributed by atoms with Gasteiger partial charge in [-0.15, -0.1) is 0 Å². The Morgan fingerprint density at radius 2 is 1.24 bits per heavy atom. The van der Waals surface area contributed by atoms with Gasteiger partial charge in [-0.3, -0.25) is 0 Å². The molecular formula is C31H48F2. The Balaban J connectivity index is 1.24. The van der Waals surface area contributed by atoms with Gasteiger partial charge in [-0.25, -0.2) is 8.78 Å². The van der Waals surface area contributed by atoms with Crippen molar-refractivity contribution in [2.45, 2.75) is 129 Å². The molecule has 4 unspecified atom stereocenters. The quantitative estimate of drug-likeness (QED) is 0.345. The van der Waals surface area contributed by atoms with Gasteiger partial charge in [0.1, 0.15) is 11.6 Å². The van der Waals surface area contributed by atoms with Gasteiger partial charge < -0.3 is 0 Å². The fourth-order valence-corrected chi connectivity index (χ4v) is 7.69. The van der Waals surface area contributed by atoms with Gasteiger partial charge in [0.15, 0.2) is 0 Å². The maximum absolute atomic E-state index is 14.6. The summed E-state index contributed by atoms with van der Waals surface area (Å²) >= 11 is 0. The first-order valence-electron chi connectivity index (χ1n) is 14.5. The smallest absolute Gasteiger partial charge is 0.129 e. The fourth-order valence-electron chi connectivity index (χ4n) is 7.69. The first-order valence-corrected chi connectivity index (χ1v) is 14.5. The molecule has 0 spiro atoms. The van der Waals surface area contributed by atoms with Crippen molar-refractivity contribution in [3.63, 3.8) is 0 Å². The van der Waals surface area contributed by atoms with E-state index in [1.165, 1.54) is 77.0 Å². The van der Waals surface area contributed by atoms with Crippen molar-refractivity contribution >= 4 is 0 Å². The number of unbranched alkanes of at least 4 members (excludes halogenated alkanes) is 1. The summed E-state index contributed by atoms with van der Waals surface area (Å²) in [6.07, 6.45) is 21.6. The Kier molecular flexibility index (Phi) is 9.28. The maximum Gasteiger partial charge on any atom is 0.129 e. The molecule has 33 heavy (non-hydrogen) atoms. The van der Waals surface area contributed by atoms with Crippen LogP contribution < -0.4 is 0 Å². The summed E-state index contributed by atoms with van der Waals surface area (Å²) in [5.41, 5.74) is 1.22. The van der Waals surface area contributed by atoms with E-state index in [4.69, 9.17) is 0 Å². The SMILES string of the molecule is CCCCc1c(F)cc(C2CCC3CC(CCC4CCC(CCC)CC4)CCC3C2)cc1F. The van der Waals surface area contributed by atoms with Crippen LogP contribution in [-0.4, -0.2) is 0 Å². The predicted molar refractivity (Wildman–Crippen MR) is 135 cm³/mol. The van der Waals surface area contributed by atoms with Crippen LogP contribution in [0, 0.1) is 41.2 Å². The van der Waals surface area contributed by atoms with Gasteiger partial charge in [-0.05, 0) is 98.1 Å². The molecule has 186 valence electrons. The molecule has 3 aliphatic carbocycles. The van der Waals surface area contributed by atoms with Crippen LogP contribution in [0.15, 0.2) is 12.1 Å². The van der Waals surface area contributed by atoms with Gasteiger partial charge in [-0.1, -0.05) is 78.1 Å². The molecule has 0 radical (unpaired) electrons. The Bertz CT molecular complexity index is 709.